The molecule has 1 aromatic carbocycles. The number of carbonyl (C=O) groups is 1. The molecule has 1 aliphatic heterocycles. The lowest BCUT2D eigenvalue weighted by Gasteiger charge is -2.45. The number of aromatic nitrogens is 3. The van der Waals surface area contributed by atoms with Crippen LogP contribution in [0.4, 0.5) is 20.4 Å². The molecule has 1 aliphatic rings. The Hall–Kier alpha value is -3.08. The van der Waals surface area contributed by atoms with Crippen molar-refractivity contribution >= 4 is 29.2 Å². The fraction of sp³-hybridized carbons (Fsp3) is 0.571. The number of anilines is 2. The number of hydrogen-bond donors (Lipinski definition) is 2. The van der Waals surface area contributed by atoms with E-state index in [1.807, 2.05) is 45.4 Å². The Morgan fingerprint density at radius 1 is 1.11 bits per heavy atom. The molecule has 11 heteroatoms. The molecular formula is C35H48ClF2N5O3. The van der Waals surface area contributed by atoms with Gasteiger partial charge in [0.05, 0.1) is 27.3 Å². The summed E-state index contributed by atoms with van der Waals surface area (Å²) in [6.07, 6.45) is 0.613. The minimum absolute atomic E-state index is 0.0431. The molecule has 8 nitrogen and oxygen atoms in total. The number of aryl methyl sites for hydroxylation is 1. The van der Waals surface area contributed by atoms with Gasteiger partial charge in [0.25, 0.3) is 0 Å². The first kappa shape index (κ1) is 35.8. The topological polar surface area (TPSA) is 92.5 Å². The minimum Gasteiger partial charge on any atom is -0.460 e. The number of carbonyl (C=O) groups excluding carboxylic acids is 1. The van der Waals surface area contributed by atoms with E-state index in [9.17, 15) is 14.3 Å². The lowest BCUT2D eigenvalue weighted by molar-refractivity contribution is -0.172. The number of pyridine rings is 1. The summed E-state index contributed by atoms with van der Waals surface area (Å²) < 4.78 is 38.9. The molecule has 0 spiro atoms. The minimum atomic E-state index is -1.53. The average Bonchev–Trinajstić information content (AvgIpc) is 3.28. The Morgan fingerprint density at radius 2 is 1.78 bits per heavy atom. The van der Waals surface area contributed by atoms with E-state index in [0.717, 1.165) is 5.69 Å². The summed E-state index contributed by atoms with van der Waals surface area (Å²) in [7, 11) is 0. The monoisotopic (exact) mass is 659 g/mol. The number of likely N-dealkylation sites (tertiary alicyclic amines) is 1. The van der Waals surface area contributed by atoms with Crippen LogP contribution < -0.4 is 5.32 Å². The van der Waals surface area contributed by atoms with Crippen molar-refractivity contribution in [2.75, 3.05) is 11.9 Å². The molecule has 2 aromatic heterocycles. The number of ether oxygens (including phenoxy) is 1. The first-order valence-corrected chi connectivity index (χ1v) is 16.1. The Bertz CT molecular complexity index is 1590. The molecule has 1 saturated heterocycles. The molecule has 252 valence electrons. The fourth-order valence-corrected chi connectivity index (χ4v) is 6.37. The standard InChI is InChI=1S/C35H48ClF2N5O3/c1-21-16-28(41-43(21)32(3,4)5)40-27-17-24(34(9,10)45)30(38)26(39-27)19-35(31(44)46-33(6,7)8)14-15-42(22(2)18-35)20-23-12-11-13-25(36)29(23)37/h11-13,16-17,22,45H,14-15,18-20H2,1-10H3,(H,39,40,41)/t22-,35?/m1/s1. The Morgan fingerprint density at radius 3 is 2.35 bits per heavy atom. The summed E-state index contributed by atoms with van der Waals surface area (Å²) in [5, 5.41) is 18.9. The molecule has 2 atom stereocenters. The smallest absolute Gasteiger partial charge is 0.313 e. The van der Waals surface area contributed by atoms with Crippen molar-refractivity contribution in [2.24, 2.45) is 5.41 Å². The molecule has 0 saturated carbocycles. The predicted octanol–water partition coefficient (Wildman–Crippen LogP) is 7.80. The first-order valence-electron chi connectivity index (χ1n) is 15.8. The number of esters is 1. The summed E-state index contributed by atoms with van der Waals surface area (Å²) in [6, 6.07) is 8.10. The normalized spacial score (nSPS) is 19.7. The number of benzene rings is 1. The van der Waals surface area contributed by atoms with Gasteiger partial charge in [0.15, 0.2) is 11.6 Å². The fourth-order valence-electron chi connectivity index (χ4n) is 6.18. The van der Waals surface area contributed by atoms with Gasteiger partial charge in [-0.3, -0.25) is 14.4 Å². The maximum absolute atomic E-state index is 16.3. The SMILES string of the molecule is Cc1cc(Nc2cc(C(C)(C)O)c(F)c(CC3(C(=O)OC(C)(C)C)CCN(Cc4cccc(Cl)c4F)[C@H](C)C3)n2)nn1C(C)(C)C. The zero-order chi connectivity index (χ0) is 34.4. The van der Waals surface area contributed by atoms with Gasteiger partial charge in [0, 0.05) is 41.9 Å². The van der Waals surface area contributed by atoms with Gasteiger partial charge < -0.3 is 15.2 Å². The molecule has 0 aliphatic carbocycles. The third-order valence-corrected chi connectivity index (χ3v) is 8.69. The molecule has 2 N–H and O–H groups in total. The summed E-state index contributed by atoms with van der Waals surface area (Å²) in [5.41, 5.74) is -2.19. The van der Waals surface area contributed by atoms with Crippen molar-refractivity contribution in [1.82, 2.24) is 19.7 Å². The molecule has 46 heavy (non-hydrogen) atoms. The van der Waals surface area contributed by atoms with Crippen LogP contribution >= 0.6 is 11.6 Å². The predicted molar refractivity (Wildman–Crippen MR) is 177 cm³/mol. The van der Waals surface area contributed by atoms with Gasteiger partial charge in [-0.2, -0.15) is 5.10 Å². The Kier molecular flexibility index (Phi) is 9.99. The second-order valence-corrected chi connectivity index (χ2v) is 15.6. The van der Waals surface area contributed by atoms with E-state index < -0.39 is 34.2 Å². The molecule has 3 aromatic rings. The van der Waals surface area contributed by atoms with Crippen LogP contribution in [0, 0.1) is 24.0 Å². The lowest BCUT2D eigenvalue weighted by Crippen LogP contribution is -2.51. The van der Waals surface area contributed by atoms with Gasteiger partial charge in [-0.1, -0.05) is 23.7 Å². The van der Waals surface area contributed by atoms with E-state index in [2.05, 4.69) is 20.3 Å². The van der Waals surface area contributed by atoms with Crippen LogP contribution in [0.5, 0.6) is 0 Å². The van der Waals surface area contributed by atoms with E-state index in [1.165, 1.54) is 26.0 Å². The van der Waals surface area contributed by atoms with Gasteiger partial charge in [-0.25, -0.2) is 13.8 Å². The molecule has 0 bridgehead atoms. The second-order valence-electron chi connectivity index (χ2n) is 15.2. The summed E-state index contributed by atoms with van der Waals surface area (Å²) in [6.45, 7) is 19.2. The quantitative estimate of drug-likeness (QED) is 0.238. The van der Waals surface area contributed by atoms with E-state index in [0.29, 0.717) is 43.1 Å². The Labute approximate surface area is 276 Å². The summed E-state index contributed by atoms with van der Waals surface area (Å²) in [4.78, 5) is 20.8. The van der Waals surface area contributed by atoms with Gasteiger partial charge in [0.2, 0.25) is 0 Å². The molecule has 4 rings (SSSR count). The van der Waals surface area contributed by atoms with Crippen LogP contribution in [0.2, 0.25) is 5.02 Å². The molecule has 1 fully saturated rings. The van der Waals surface area contributed by atoms with Crippen molar-refractivity contribution in [3.63, 3.8) is 0 Å². The molecule has 3 heterocycles. The van der Waals surface area contributed by atoms with Gasteiger partial charge >= 0.3 is 5.97 Å². The zero-order valence-electron chi connectivity index (χ0n) is 28.7. The van der Waals surface area contributed by atoms with E-state index >= 15 is 4.39 Å². The van der Waals surface area contributed by atoms with Crippen LogP contribution in [-0.2, 0) is 33.6 Å². The van der Waals surface area contributed by atoms with Crippen molar-refractivity contribution < 1.29 is 23.4 Å². The average molecular weight is 660 g/mol. The van der Waals surface area contributed by atoms with Gasteiger partial charge in [-0.05, 0) is 101 Å². The highest BCUT2D eigenvalue weighted by Crippen LogP contribution is 2.42. The highest BCUT2D eigenvalue weighted by molar-refractivity contribution is 6.30. The summed E-state index contributed by atoms with van der Waals surface area (Å²) in [5.74, 6) is -0.750. The van der Waals surface area contributed by atoms with E-state index in [1.54, 1.807) is 32.9 Å². The highest BCUT2D eigenvalue weighted by atomic mass is 35.5. The first-order chi connectivity index (χ1) is 21.1. The molecule has 0 radical (unpaired) electrons. The third-order valence-electron chi connectivity index (χ3n) is 8.39. The van der Waals surface area contributed by atoms with Crippen molar-refractivity contribution in [3.05, 3.63) is 69.5 Å². The number of rotatable bonds is 8. The number of aliphatic hydroxyl groups is 1. The number of nitrogens with zero attached hydrogens (tertiary/aromatic N) is 4. The Balaban J connectivity index is 1.73. The van der Waals surface area contributed by atoms with Crippen molar-refractivity contribution in [3.8, 4) is 0 Å². The number of piperidine rings is 1. The van der Waals surface area contributed by atoms with E-state index in [-0.39, 0.29) is 34.3 Å². The van der Waals surface area contributed by atoms with Crippen LogP contribution in [0.15, 0.2) is 30.3 Å². The number of hydrogen-bond acceptors (Lipinski definition) is 7. The number of nitrogens with one attached hydrogen (secondary N) is 1. The zero-order valence-corrected chi connectivity index (χ0v) is 29.4. The van der Waals surface area contributed by atoms with Crippen molar-refractivity contribution in [1.29, 1.82) is 0 Å². The van der Waals surface area contributed by atoms with Gasteiger partial charge in [-0.15, -0.1) is 0 Å². The summed E-state index contributed by atoms with van der Waals surface area (Å²) >= 11 is 6.03. The van der Waals surface area contributed by atoms with Crippen molar-refractivity contribution in [2.45, 2.75) is 118 Å². The lowest BCUT2D eigenvalue weighted by atomic mass is 9.71. The maximum atomic E-state index is 16.3. The third kappa shape index (κ3) is 8.06. The highest BCUT2D eigenvalue weighted by Gasteiger charge is 2.48. The van der Waals surface area contributed by atoms with Crippen LogP contribution in [0.1, 0.15) is 97.7 Å². The van der Waals surface area contributed by atoms with Crippen LogP contribution in [-0.4, -0.2) is 48.9 Å². The molecule has 0 amide bonds. The second kappa shape index (κ2) is 12.8. The number of halogens is 3. The molecule has 1 unspecified atom stereocenters. The van der Waals surface area contributed by atoms with Crippen LogP contribution in [0.3, 0.4) is 0 Å². The van der Waals surface area contributed by atoms with Crippen LogP contribution in [0.25, 0.3) is 0 Å². The molecular weight excluding hydrogens is 612 g/mol. The largest absolute Gasteiger partial charge is 0.460 e. The maximum Gasteiger partial charge on any atom is 0.313 e. The van der Waals surface area contributed by atoms with E-state index in [4.69, 9.17) is 16.3 Å². The van der Waals surface area contributed by atoms with Gasteiger partial charge in [0.1, 0.15) is 17.2 Å².